The summed E-state index contributed by atoms with van der Waals surface area (Å²) in [6.07, 6.45) is 3.22. The van der Waals surface area contributed by atoms with E-state index in [1.165, 1.54) is 15.6 Å². The van der Waals surface area contributed by atoms with Crippen LogP contribution in [-0.2, 0) is 21.2 Å². The number of anilines is 1. The van der Waals surface area contributed by atoms with Gasteiger partial charge < -0.3 is 9.84 Å². The second-order valence-electron chi connectivity index (χ2n) is 7.78. The monoisotopic (exact) mass is 475 g/mol. The van der Waals surface area contributed by atoms with Gasteiger partial charge >= 0.3 is 0 Å². The number of carbonyl (C=O) groups is 1. The fourth-order valence-corrected chi connectivity index (χ4v) is 6.55. The Labute approximate surface area is 190 Å². The molecule has 0 bridgehead atoms. The van der Waals surface area contributed by atoms with E-state index in [1.54, 1.807) is 25.3 Å². The van der Waals surface area contributed by atoms with Crippen LogP contribution >= 0.6 is 11.3 Å². The lowest BCUT2D eigenvalue weighted by molar-refractivity contribution is -0.120. The zero-order chi connectivity index (χ0) is 22.9. The lowest BCUT2D eigenvalue weighted by Crippen LogP contribution is -2.41. The number of carbonyl (C=O) groups excluding carboxylic acids is 1. The standard InChI is InChI=1S/C21H25N5O4S2/c1-4-19-24-20(25-30-19)16-11-17(14(3)31-16)32(28,29)26-9-7-15(8-10-26)21(27)23-18-6-5-13(2)12-22-18/h5-6,11-12,15H,4,7-10H2,1-3H3,(H,22,23,27). The minimum atomic E-state index is -3.68. The first-order valence-electron chi connectivity index (χ1n) is 10.4. The number of amides is 1. The minimum absolute atomic E-state index is 0.128. The molecule has 3 aromatic heterocycles. The molecule has 4 heterocycles. The lowest BCUT2D eigenvalue weighted by Gasteiger charge is -2.30. The molecule has 9 nitrogen and oxygen atoms in total. The first-order chi connectivity index (χ1) is 15.3. The minimum Gasteiger partial charge on any atom is -0.339 e. The van der Waals surface area contributed by atoms with Crippen molar-refractivity contribution in [1.29, 1.82) is 0 Å². The summed E-state index contributed by atoms with van der Waals surface area (Å²) in [6.45, 7) is 6.19. The first kappa shape index (κ1) is 22.6. The molecule has 1 saturated heterocycles. The fraction of sp³-hybridized carbons (Fsp3) is 0.429. The van der Waals surface area contributed by atoms with Gasteiger partial charge in [-0.2, -0.15) is 9.29 Å². The van der Waals surface area contributed by atoms with Crippen molar-refractivity contribution in [3.63, 3.8) is 0 Å². The van der Waals surface area contributed by atoms with Gasteiger partial charge in [-0.15, -0.1) is 11.3 Å². The second-order valence-corrected chi connectivity index (χ2v) is 10.9. The average molecular weight is 476 g/mol. The molecule has 0 saturated carbocycles. The van der Waals surface area contributed by atoms with E-state index in [1.807, 2.05) is 19.9 Å². The number of aromatic nitrogens is 3. The van der Waals surface area contributed by atoms with Crippen molar-refractivity contribution in [3.05, 3.63) is 40.7 Å². The molecule has 11 heteroatoms. The van der Waals surface area contributed by atoms with Crippen LogP contribution in [0.3, 0.4) is 0 Å². The van der Waals surface area contributed by atoms with Crippen LogP contribution in [0.1, 0.15) is 36.1 Å². The van der Waals surface area contributed by atoms with Gasteiger partial charge in [-0.3, -0.25) is 4.79 Å². The molecule has 1 aliphatic rings. The highest BCUT2D eigenvalue weighted by Gasteiger charge is 2.34. The number of rotatable bonds is 6. The van der Waals surface area contributed by atoms with Gasteiger partial charge in [0, 0.05) is 36.5 Å². The summed E-state index contributed by atoms with van der Waals surface area (Å²) in [5, 5.41) is 6.76. The highest BCUT2D eigenvalue weighted by molar-refractivity contribution is 7.89. The summed E-state index contributed by atoms with van der Waals surface area (Å²) >= 11 is 1.33. The maximum atomic E-state index is 13.3. The largest absolute Gasteiger partial charge is 0.339 e. The van der Waals surface area contributed by atoms with Crippen molar-refractivity contribution in [2.24, 2.45) is 5.92 Å². The van der Waals surface area contributed by atoms with Crippen LogP contribution in [0, 0.1) is 19.8 Å². The first-order valence-corrected chi connectivity index (χ1v) is 12.7. The number of hydrogen-bond donors (Lipinski definition) is 1. The van der Waals surface area contributed by atoms with E-state index >= 15 is 0 Å². The average Bonchev–Trinajstić information content (AvgIpc) is 3.42. The van der Waals surface area contributed by atoms with Crippen LogP contribution in [0.15, 0.2) is 33.8 Å². The summed E-state index contributed by atoms with van der Waals surface area (Å²) in [4.78, 5) is 22.7. The number of pyridine rings is 1. The molecular formula is C21H25N5O4S2. The predicted octanol–water partition coefficient (Wildman–Crippen LogP) is 3.41. The third-order valence-corrected chi connectivity index (χ3v) is 8.67. The fourth-order valence-electron chi connectivity index (χ4n) is 3.60. The quantitative estimate of drug-likeness (QED) is 0.580. The third kappa shape index (κ3) is 4.59. The molecule has 0 atom stereocenters. The van der Waals surface area contributed by atoms with Gasteiger partial charge in [0.15, 0.2) is 0 Å². The van der Waals surface area contributed by atoms with Crippen molar-refractivity contribution in [1.82, 2.24) is 19.4 Å². The molecular weight excluding hydrogens is 450 g/mol. The number of hydrogen-bond acceptors (Lipinski definition) is 8. The predicted molar refractivity (Wildman–Crippen MR) is 121 cm³/mol. The van der Waals surface area contributed by atoms with Gasteiger partial charge in [0.1, 0.15) is 5.82 Å². The number of aryl methyl sites for hydroxylation is 3. The third-order valence-electron chi connectivity index (χ3n) is 5.47. The van der Waals surface area contributed by atoms with E-state index in [2.05, 4.69) is 20.4 Å². The summed E-state index contributed by atoms with van der Waals surface area (Å²) < 4.78 is 33.1. The molecule has 0 aromatic carbocycles. The highest BCUT2D eigenvalue weighted by atomic mass is 32.2. The Morgan fingerprint density at radius 2 is 2.03 bits per heavy atom. The Bertz CT molecular complexity index is 1210. The normalized spacial score (nSPS) is 15.7. The summed E-state index contributed by atoms with van der Waals surface area (Å²) in [7, 11) is -3.68. The topological polar surface area (TPSA) is 118 Å². The molecule has 1 aliphatic heterocycles. The van der Waals surface area contributed by atoms with Crippen LogP contribution in [-0.4, -0.2) is 46.8 Å². The zero-order valence-electron chi connectivity index (χ0n) is 18.2. The SMILES string of the molecule is CCc1nc(-c2cc(S(=O)(=O)N3CCC(C(=O)Nc4ccc(C)cn4)CC3)c(C)s2)no1. The van der Waals surface area contributed by atoms with Crippen molar-refractivity contribution in [2.45, 2.75) is 44.9 Å². The van der Waals surface area contributed by atoms with Crippen molar-refractivity contribution in [3.8, 4) is 10.7 Å². The molecule has 170 valence electrons. The lowest BCUT2D eigenvalue weighted by atomic mass is 9.97. The van der Waals surface area contributed by atoms with Crippen molar-refractivity contribution >= 4 is 33.1 Å². The van der Waals surface area contributed by atoms with E-state index < -0.39 is 10.0 Å². The number of nitrogens with one attached hydrogen (secondary N) is 1. The molecule has 0 spiro atoms. The van der Waals surface area contributed by atoms with E-state index in [0.29, 0.717) is 46.5 Å². The summed E-state index contributed by atoms with van der Waals surface area (Å²) in [5.41, 5.74) is 1.01. The molecule has 4 rings (SSSR count). The van der Waals surface area contributed by atoms with E-state index in [9.17, 15) is 13.2 Å². The maximum absolute atomic E-state index is 13.3. The van der Waals surface area contributed by atoms with Gasteiger partial charge in [-0.05, 0) is 44.4 Å². The van der Waals surface area contributed by atoms with Gasteiger partial charge in [0.2, 0.25) is 27.6 Å². The van der Waals surface area contributed by atoms with Crippen molar-refractivity contribution in [2.75, 3.05) is 18.4 Å². The van der Waals surface area contributed by atoms with Crippen LogP contribution < -0.4 is 5.32 Å². The Balaban J connectivity index is 1.42. The highest BCUT2D eigenvalue weighted by Crippen LogP contribution is 2.35. The van der Waals surface area contributed by atoms with E-state index in [-0.39, 0.29) is 29.8 Å². The zero-order valence-corrected chi connectivity index (χ0v) is 19.8. The molecule has 0 aliphatic carbocycles. The van der Waals surface area contributed by atoms with Gasteiger partial charge in [0.05, 0.1) is 9.77 Å². The van der Waals surface area contributed by atoms with Gasteiger partial charge in [-0.25, -0.2) is 13.4 Å². The van der Waals surface area contributed by atoms with E-state index in [4.69, 9.17) is 4.52 Å². The smallest absolute Gasteiger partial charge is 0.244 e. The van der Waals surface area contributed by atoms with Crippen LogP contribution in [0.25, 0.3) is 10.7 Å². The molecule has 1 fully saturated rings. The maximum Gasteiger partial charge on any atom is 0.244 e. The number of thiophene rings is 1. The Morgan fingerprint density at radius 1 is 1.28 bits per heavy atom. The molecule has 0 radical (unpaired) electrons. The van der Waals surface area contributed by atoms with Crippen LogP contribution in [0.5, 0.6) is 0 Å². The van der Waals surface area contributed by atoms with Crippen molar-refractivity contribution < 1.29 is 17.7 Å². The Morgan fingerprint density at radius 3 is 2.66 bits per heavy atom. The summed E-state index contributed by atoms with van der Waals surface area (Å²) in [5.74, 6) is 1.03. The number of nitrogens with zero attached hydrogens (tertiary/aromatic N) is 4. The molecule has 32 heavy (non-hydrogen) atoms. The van der Waals surface area contributed by atoms with Crippen LogP contribution in [0.2, 0.25) is 0 Å². The Hall–Kier alpha value is -2.63. The molecule has 1 amide bonds. The summed E-state index contributed by atoms with van der Waals surface area (Å²) in [6, 6.07) is 5.26. The molecule has 1 N–H and O–H groups in total. The van der Waals surface area contributed by atoms with Gasteiger partial charge in [-0.1, -0.05) is 18.1 Å². The Kier molecular flexibility index (Phi) is 6.40. The van der Waals surface area contributed by atoms with E-state index in [0.717, 1.165) is 5.56 Å². The van der Waals surface area contributed by atoms with Crippen LogP contribution in [0.4, 0.5) is 5.82 Å². The molecule has 3 aromatic rings. The second kappa shape index (κ2) is 9.08. The number of piperidine rings is 1. The molecule has 0 unspecified atom stereocenters. The number of sulfonamides is 1. The van der Waals surface area contributed by atoms with Gasteiger partial charge in [0.25, 0.3) is 0 Å².